The summed E-state index contributed by atoms with van der Waals surface area (Å²) in [6.45, 7) is 4.06. The van der Waals surface area contributed by atoms with Crippen molar-refractivity contribution in [1.29, 1.82) is 0 Å². The van der Waals surface area contributed by atoms with E-state index in [0.717, 1.165) is 18.7 Å². The van der Waals surface area contributed by atoms with Crippen molar-refractivity contribution in [2.75, 3.05) is 19.7 Å². The number of thiophene rings is 1. The van der Waals surface area contributed by atoms with Crippen molar-refractivity contribution in [3.8, 4) is 16.2 Å². The van der Waals surface area contributed by atoms with Crippen LogP contribution in [0.15, 0.2) is 72.8 Å². The van der Waals surface area contributed by atoms with Crippen LogP contribution in [0.2, 0.25) is 0 Å². The zero-order chi connectivity index (χ0) is 23.2. The number of fused-ring (bicyclic) bond motifs is 1. The predicted octanol–water partition coefficient (Wildman–Crippen LogP) is 4.03. The molecule has 5 heteroatoms. The molecule has 0 amide bonds. The topological polar surface area (TPSA) is 29.5 Å². The maximum Gasteiger partial charge on any atom is 1.00 e. The van der Waals surface area contributed by atoms with Gasteiger partial charge >= 0.3 is 18.9 Å². The van der Waals surface area contributed by atoms with Crippen LogP contribution in [0.4, 0.5) is 0 Å². The van der Waals surface area contributed by atoms with E-state index in [0.29, 0.717) is 19.4 Å². The summed E-state index contributed by atoms with van der Waals surface area (Å²) in [4.78, 5) is 14.2. The molecule has 0 unspecified atom stereocenters. The first kappa shape index (κ1) is 25.7. The molecule has 0 spiro atoms. The molecular formula is C30H30LiNO2S. The van der Waals surface area contributed by atoms with Crippen LogP contribution in [0.5, 0.6) is 5.75 Å². The maximum atomic E-state index is 10.4. The third kappa shape index (κ3) is 6.45. The van der Waals surface area contributed by atoms with Gasteiger partial charge in [-0.1, -0.05) is 42.5 Å². The van der Waals surface area contributed by atoms with E-state index in [2.05, 4.69) is 65.6 Å². The number of ether oxygens (including phenoxy) is 1. The molecule has 1 aliphatic rings. The van der Waals surface area contributed by atoms with E-state index >= 15 is 0 Å². The molecule has 0 bridgehead atoms. The van der Waals surface area contributed by atoms with E-state index in [1.165, 1.54) is 63.1 Å². The monoisotopic (exact) mass is 475 g/mol. The van der Waals surface area contributed by atoms with Gasteiger partial charge in [-0.3, -0.25) is 11.2 Å². The molecule has 0 aliphatic carbocycles. The normalized spacial score (nSPS) is 13.6. The van der Waals surface area contributed by atoms with Gasteiger partial charge in [-0.25, -0.2) is 0 Å². The van der Waals surface area contributed by atoms with Crippen LogP contribution < -0.4 is 23.6 Å². The Hall–Kier alpha value is -2.35. The molecule has 0 N–H and O–H groups in total. The van der Waals surface area contributed by atoms with Gasteiger partial charge in [-0.15, -0.1) is 17.8 Å². The molecule has 3 nitrogen and oxygen atoms in total. The first-order chi connectivity index (χ1) is 16.8. The number of hydrogen-bond donors (Lipinski definition) is 0. The Morgan fingerprint density at radius 2 is 1.60 bits per heavy atom. The van der Waals surface area contributed by atoms with Crippen molar-refractivity contribution < 1.29 is 28.4 Å². The van der Waals surface area contributed by atoms with Crippen molar-refractivity contribution in [2.45, 2.75) is 38.6 Å². The van der Waals surface area contributed by atoms with Gasteiger partial charge < -0.3 is 9.53 Å². The summed E-state index contributed by atoms with van der Waals surface area (Å²) in [6, 6.07) is 26.3. The van der Waals surface area contributed by atoms with Crippen molar-refractivity contribution in [3.05, 3.63) is 89.5 Å². The molecule has 0 atom stereocenters. The van der Waals surface area contributed by atoms with Gasteiger partial charge in [0.25, 0.3) is 0 Å². The average Bonchev–Trinajstić information content (AvgIpc) is 3.52. The van der Waals surface area contributed by atoms with Crippen molar-refractivity contribution >= 4 is 27.7 Å². The molecule has 1 saturated heterocycles. The molecule has 4 aromatic rings. The van der Waals surface area contributed by atoms with Crippen LogP contribution in [0, 0.1) is 0 Å². The third-order valence-electron chi connectivity index (χ3n) is 6.52. The Labute approximate surface area is 224 Å². The zero-order valence-corrected chi connectivity index (χ0v) is 21.3. The molecule has 5 rings (SSSR count). The van der Waals surface area contributed by atoms with Crippen LogP contribution in [-0.4, -0.2) is 30.9 Å². The van der Waals surface area contributed by atoms with E-state index in [4.69, 9.17) is 4.74 Å². The SMILES string of the molecule is O=[C-]CCCOc1ccc(-c2sc3ccccc3c2Cc2ccc(CN3CCCC3)cc2)cc1.[Li+]. The Bertz CT molecular complexity index is 1230. The number of rotatable bonds is 10. The smallest absolute Gasteiger partial charge is 0.542 e. The first-order valence-corrected chi connectivity index (χ1v) is 13.0. The van der Waals surface area contributed by atoms with E-state index in [1.54, 1.807) is 0 Å². The second kappa shape index (κ2) is 12.6. The molecule has 0 saturated carbocycles. The number of hydrogen-bond acceptors (Lipinski definition) is 4. The van der Waals surface area contributed by atoms with Gasteiger partial charge in [-0.05, 0) is 96.7 Å². The largest absolute Gasteiger partial charge is 1.00 e. The standard InChI is InChI=1S/C30H30NO2S.Li/c32-19-5-6-20-33-26-15-13-25(14-16-26)30-28(27-7-1-2-8-29(27)34-30)21-23-9-11-24(12-10-23)22-31-17-3-4-18-31;/h1-2,7-16H,3-6,17-18,20-22H2;/q-1;+1. The fourth-order valence-corrected chi connectivity index (χ4v) is 5.94. The summed E-state index contributed by atoms with van der Waals surface area (Å²) in [7, 11) is 0. The first-order valence-electron chi connectivity index (χ1n) is 12.2. The fourth-order valence-electron chi connectivity index (χ4n) is 4.71. The Morgan fingerprint density at radius 1 is 0.886 bits per heavy atom. The quantitative estimate of drug-likeness (QED) is 0.197. The Morgan fingerprint density at radius 3 is 2.34 bits per heavy atom. The average molecular weight is 476 g/mol. The summed E-state index contributed by atoms with van der Waals surface area (Å²) in [5, 5.41) is 1.34. The second-order valence-electron chi connectivity index (χ2n) is 9.00. The molecule has 1 fully saturated rings. The van der Waals surface area contributed by atoms with Crippen LogP contribution >= 0.6 is 11.3 Å². The fraction of sp³-hybridized carbons (Fsp3) is 0.300. The predicted molar refractivity (Wildman–Crippen MR) is 141 cm³/mol. The minimum atomic E-state index is 0. The molecule has 35 heavy (non-hydrogen) atoms. The van der Waals surface area contributed by atoms with Crippen molar-refractivity contribution in [1.82, 2.24) is 4.90 Å². The van der Waals surface area contributed by atoms with Crippen LogP contribution in [0.25, 0.3) is 20.5 Å². The molecular weight excluding hydrogens is 445 g/mol. The van der Waals surface area contributed by atoms with Crippen LogP contribution in [0.1, 0.15) is 42.4 Å². The molecule has 1 aliphatic heterocycles. The van der Waals surface area contributed by atoms with Gasteiger partial charge in [0.15, 0.2) is 0 Å². The number of unbranched alkanes of at least 4 members (excludes halogenated alkanes) is 1. The molecule has 174 valence electrons. The summed E-state index contributed by atoms with van der Waals surface area (Å²) < 4.78 is 7.09. The van der Waals surface area contributed by atoms with Crippen molar-refractivity contribution in [2.24, 2.45) is 0 Å². The minimum absolute atomic E-state index is 0. The number of benzene rings is 3. The van der Waals surface area contributed by atoms with E-state index < -0.39 is 0 Å². The van der Waals surface area contributed by atoms with Crippen LogP contribution in [0.3, 0.4) is 0 Å². The van der Waals surface area contributed by atoms with Gasteiger partial charge in [0.05, 0.1) is 6.61 Å². The molecule has 2 heterocycles. The third-order valence-corrected chi connectivity index (χ3v) is 7.78. The Kier molecular flexibility index (Phi) is 9.23. The summed E-state index contributed by atoms with van der Waals surface area (Å²) in [5.41, 5.74) is 5.36. The summed E-state index contributed by atoms with van der Waals surface area (Å²) in [6.07, 6.45) is 6.61. The van der Waals surface area contributed by atoms with Gasteiger partial charge in [0.2, 0.25) is 0 Å². The zero-order valence-electron chi connectivity index (χ0n) is 20.5. The summed E-state index contributed by atoms with van der Waals surface area (Å²) in [5.74, 6) is 0.839. The van der Waals surface area contributed by atoms with E-state index in [-0.39, 0.29) is 18.9 Å². The minimum Gasteiger partial charge on any atom is -0.542 e. The molecule has 0 radical (unpaired) electrons. The van der Waals surface area contributed by atoms with Gasteiger partial charge in [0, 0.05) is 16.1 Å². The van der Waals surface area contributed by atoms with E-state index in [9.17, 15) is 4.79 Å². The van der Waals surface area contributed by atoms with Crippen LogP contribution in [-0.2, 0) is 17.8 Å². The van der Waals surface area contributed by atoms with Crippen molar-refractivity contribution in [3.63, 3.8) is 0 Å². The molecule has 3 aromatic carbocycles. The summed E-state index contributed by atoms with van der Waals surface area (Å²) >= 11 is 1.86. The molecule has 1 aromatic heterocycles. The maximum absolute atomic E-state index is 10.4. The van der Waals surface area contributed by atoms with Gasteiger partial charge in [0.1, 0.15) is 5.75 Å². The number of nitrogens with zero attached hydrogens (tertiary/aromatic N) is 1. The van der Waals surface area contributed by atoms with Gasteiger partial charge in [-0.2, -0.15) is 0 Å². The number of likely N-dealkylation sites (tertiary alicyclic amines) is 1. The second-order valence-corrected chi connectivity index (χ2v) is 10.1. The Balaban J connectivity index is 0.00000289. The number of carbonyl (C=O) groups excluding carboxylic acids is 1. The van der Waals surface area contributed by atoms with E-state index in [1.807, 2.05) is 29.8 Å².